The minimum absolute atomic E-state index is 0.199. The second kappa shape index (κ2) is 4.92. The van der Waals surface area contributed by atoms with Gasteiger partial charge in [-0.2, -0.15) is 8.78 Å². The van der Waals surface area contributed by atoms with Crippen molar-refractivity contribution in [1.29, 1.82) is 0 Å². The van der Waals surface area contributed by atoms with E-state index in [4.69, 9.17) is 11.6 Å². The van der Waals surface area contributed by atoms with Crippen LogP contribution in [0.25, 0.3) is 0 Å². The van der Waals surface area contributed by atoms with Gasteiger partial charge in [-0.05, 0) is 52.9 Å². The summed E-state index contributed by atoms with van der Waals surface area (Å²) in [5.74, 6) is 0. The lowest BCUT2D eigenvalue weighted by molar-refractivity contribution is 0.203. The Balaban J connectivity index is 2.69. The molecule has 0 aliphatic heterocycles. The maximum absolute atomic E-state index is 12.5. The summed E-state index contributed by atoms with van der Waals surface area (Å²) in [6.07, 6.45) is 0.926. The summed E-state index contributed by atoms with van der Waals surface area (Å²) in [5.41, 5.74) is 1.35. The van der Waals surface area contributed by atoms with E-state index in [1.54, 1.807) is 12.1 Å². The molecular weight excluding hydrogens is 250 g/mol. The fourth-order valence-electron chi connectivity index (χ4n) is 1.42. The molecule has 0 spiro atoms. The molecule has 0 saturated heterocycles. The lowest BCUT2D eigenvalue weighted by Gasteiger charge is -2.18. The van der Waals surface area contributed by atoms with Crippen molar-refractivity contribution in [3.05, 3.63) is 29.8 Å². The van der Waals surface area contributed by atoms with Crippen molar-refractivity contribution in [2.45, 2.75) is 36.8 Å². The van der Waals surface area contributed by atoms with Gasteiger partial charge in [0.15, 0.2) is 0 Å². The molecule has 0 bridgehead atoms. The van der Waals surface area contributed by atoms with Crippen molar-refractivity contribution in [3.8, 4) is 0 Å². The first-order valence-electron chi connectivity index (χ1n) is 5.00. The van der Waals surface area contributed by atoms with Gasteiger partial charge in [-0.25, -0.2) is 0 Å². The minimum Gasteiger partial charge on any atom is -0.177 e. The molecule has 0 N–H and O–H groups in total. The van der Waals surface area contributed by atoms with E-state index in [0.717, 1.165) is 12.0 Å². The molecule has 0 unspecified atom stereocenters. The summed E-state index contributed by atoms with van der Waals surface area (Å²) in [5, 5.41) is 0. The number of halogens is 3. The van der Waals surface area contributed by atoms with Gasteiger partial charge in [0, 0.05) is 4.90 Å². The number of thioether (sulfide) groups is 1. The highest BCUT2D eigenvalue weighted by Crippen LogP contribution is 2.39. The summed E-state index contributed by atoms with van der Waals surface area (Å²) in [6.45, 7) is 6.42. The van der Waals surface area contributed by atoms with Crippen LogP contribution >= 0.6 is 23.4 Å². The van der Waals surface area contributed by atoms with Crippen molar-refractivity contribution in [2.24, 2.45) is 5.41 Å². The van der Waals surface area contributed by atoms with Gasteiger partial charge in [-0.1, -0.05) is 32.9 Å². The zero-order valence-corrected chi connectivity index (χ0v) is 11.1. The second-order valence-corrected chi connectivity index (χ2v) is 6.82. The molecule has 0 heterocycles. The third kappa shape index (κ3) is 5.71. The van der Waals surface area contributed by atoms with E-state index < -0.39 is 4.71 Å². The van der Waals surface area contributed by atoms with E-state index in [1.807, 2.05) is 12.1 Å². The van der Waals surface area contributed by atoms with Gasteiger partial charge in [0.2, 0.25) is 0 Å². The van der Waals surface area contributed by atoms with Gasteiger partial charge in [-0.3, -0.25) is 0 Å². The van der Waals surface area contributed by atoms with Crippen molar-refractivity contribution >= 4 is 23.4 Å². The van der Waals surface area contributed by atoms with E-state index in [-0.39, 0.29) is 5.41 Å². The van der Waals surface area contributed by atoms with Crippen LogP contribution < -0.4 is 0 Å². The molecule has 0 saturated carbocycles. The Bertz CT molecular complexity index is 301. The van der Waals surface area contributed by atoms with Crippen molar-refractivity contribution in [3.63, 3.8) is 0 Å². The predicted molar refractivity (Wildman–Crippen MR) is 66.3 cm³/mol. The topological polar surface area (TPSA) is 0 Å². The normalized spacial score (nSPS) is 12.9. The maximum atomic E-state index is 12.5. The Labute approximate surface area is 104 Å². The quantitative estimate of drug-likeness (QED) is 0.537. The molecule has 1 aromatic rings. The molecule has 0 amide bonds. The molecule has 1 rings (SSSR count). The zero-order chi connectivity index (χ0) is 12.4. The van der Waals surface area contributed by atoms with Crippen LogP contribution in [0, 0.1) is 5.41 Å². The molecular formula is C12H15ClF2S. The number of hydrogen-bond donors (Lipinski definition) is 0. The lowest BCUT2D eigenvalue weighted by Crippen LogP contribution is -2.08. The standard InChI is InChI=1S/C12H15ClF2S/c1-11(2,3)8-9-4-6-10(7-5-9)16-12(13,14)15/h4-7H,8H2,1-3H3. The van der Waals surface area contributed by atoms with Crippen molar-refractivity contribution in [1.82, 2.24) is 0 Å². The van der Waals surface area contributed by atoms with Crippen LogP contribution in [0.2, 0.25) is 0 Å². The van der Waals surface area contributed by atoms with E-state index in [1.165, 1.54) is 0 Å². The maximum Gasteiger partial charge on any atom is 0.375 e. The van der Waals surface area contributed by atoms with E-state index in [9.17, 15) is 8.78 Å². The van der Waals surface area contributed by atoms with E-state index >= 15 is 0 Å². The van der Waals surface area contributed by atoms with Crippen LogP contribution in [0.3, 0.4) is 0 Å². The first-order valence-corrected chi connectivity index (χ1v) is 6.20. The van der Waals surface area contributed by atoms with Crippen molar-refractivity contribution < 1.29 is 8.78 Å². The van der Waals surface area contributed by atoms with Crippen LogP contribution in [-0.2, 0) is 6.42 Å². The summed E-state index contributed by atoms with van der Waals surface area (Å²) in [4.78, 5) is 0.484. The highest BCUT2D eigenvalue weighted by molar-refractivity contribution is 8.01. The third-order valence-electron chi connectivity index (χ3n) is 1.89. The Morgan fingerprint density at radius 3 is 2.00 bits per heavy atom. The SMILES string of the molecule is CC(C)(C)Cc1ccc(SC(F)(F)Cl)cc1. The first-order chi connectivity index (χ1) is 7.16. The molecule has 0 atom stereocenters. The predicted octanol–water partition coefficient (Wildman–Crippen LogP) is 5.16. The van der Waals surface area contributed by atoms with Gasteiger partial charge < -0.3 is 0 Å². The monoisotopic (exact) mass is 264 g/mol. The summed E-state index contributed by atoms with van der Waals surface area (Å²) >= 11 is 5.20. The molecule has 0 nitrogen and oxygen atoms in total. The molecule has 16 heavy (non-hydrogen) atoms. The second-order valence-electron chi connectivity index (χ2n) is 4.93. The Morgan fingerprint density at radius 2 is 1.62 bits per heavy atom. The highest BCUT2D eigenvalue weighted by Gasteiger charge is 2.26. The summed E-state index contributed by atoms with van der Waals surface area (Å²) < 4.78 is 21.8. The largest absolute Gasteiger partial charge is 0.375 e. The van der Waals surface area contributed by atoms with Crippen LogP contribution in [0.1, 0.15) is 26.3 Å². The summed E-state index contributed by atoms with van der Waals surface area (Å²) in [7, 11) is 0. The van der Waals surface area contributed by atoms with E-state index in [0.29, 0.717) is 16.7 Å². The lowest BCUT2D eigenvalue weighted by atomic mass is 9.88. The summed E-state index contributed by atoms with van der Waals surface area (Å²) in [6, 6.07) is 7.11. The fraction of sp³-hybridized carbons (Fsp3) is 0.500. The van der Waals surface area contributed by atoms with Gasteiger partial charge >= 0.3 is 4.71 Å². The van der Waals surface area contributed by atoms with E-state index in [2.05, 4.69) is 20.8 Å². The molecule has 0 aliphatic carbocycles. The number of alkyl halides is 3. The van der Waals surface area contributed by atoms with Crippen LogP contribution in [-0.4, -0.2) is 4.71 Å². The van der Waals surface area contributed by atoms with Gasteiger partial charge in [0.25, 0.3) is 0 Å². The number of hydrogen-bond acceptors (Lipinski definition) is 1. The van der Waals surface area contributed by atoms with Gasteiger partial charge in [0.05, 0.1) is 0 Å². The van der Waals surface area contributed by atoms with Gasteiger partial charge in [-0.15, -0.1) is 0 Å². The highest BCUT2D eigenvalue weighted by atomic mass is 35.5. The van der Waals surface area contributed by atoms with Crippen molar-refractivity contribution in [2.75, 3.05) is 0 Å². The first kappa shape index (κ1) is 13.8. The van der Waals surface area contributed by atoms with Crippen LogP contribution in [0.15, 0.2) is 29.2 Å². The van der Waals surface area contributed by atoms with Crippen LogP contribution in [0.4, 0.5) is 8.78 Å². The molecule has 4 heteroatoms. The molecule has 0 radical (unpaired) electrons. The average Bonchev–Trinajstić information content (AvgIpc) is 2.03. The fourth-order valence-corrected chi connectivity index (χ4v) is 2.23. The Morgan fingerprint density at radius 1 is 1.12 bits per heavy atom. The Hall–Kier alpha value is -0.280. The average molecular weight is 265 g/mol. The molecule has 90 valence electrons. The molecule has 0 aliphatic rings. The smallest absolute Gasteiger partial charge is 0.177 e. The number of benzene rings is 1. The molecule has 0 aromatic heterocycles. The molecule has 1 aromatic carbocycles. The zero-order valence-electron chi connectivity index (χ0n) is 9.56. The molecule has 0 fully saturated rings. The Kier molecular flexibility index (Phi) is 4.24. The minimum atomic E-state index is -3.23. The van der Waals surface area contributed by atoms with Gasteiger partial charge in [0.1, 0.15) is 0 Å². The third-order valence-corrected chi connectivity index (χ3v) is 2.86. The van der Waals surface area contributed by atoms with Crippen LogP contribution in [0.5, 0.6) is 0 Å². The number of rotatable bonds is 3.